The Bertz CT molecular complexity index is 1830. The number of methoxy groups -OCH3 is 2. The van der Waals surface area contributed by atoms with Gasteiger partial charge in [-0.05, 0) is 48.5 Å². The number of rotatable bonds is 10. The number of non-ortho nitro benzene ring substituents is 1. The van der Waals surface area contributed by atoms with Crippen LogP contribution < -0.4 is 13.3 Å². The summed E-state index contributed by atoms with van der Waals surface area (Å²) in [6.07, 6.45) is 0. The predicted octanol–water partition coefficient (Wildman–Crippen LogP) is 4.07. The van der Waals surface area contributed by atoms with Gasteiger partial charge in [0.2, 0.25) is 0 Å². The molecule has 0 amide bonds. The van der Waals surface area contributed by atoms with Crippen molar-refractivity contribution in [3.05, 3.63) is 95.0 Å². The van der Waals surface area contributed by atoms with Crippen LogP contribution in [0.1, 0.15) is 0 Å². The highest BCUT2D eigenvalue weighted by Gasteiger charge is 2.31. The minimum absolute atomic E-state index is 0.0181. The first-order chi connectivity index (χ1) is 19.4. The zero-order valence-corrected chi connectivity index (χ0v) is 23.2. The molecule has 0 heterocycles. The lowest BCUT2D eigenvalue weighted by atomic mass is 10.1. The number of carbonyl (C=O) groups is 1. The highest BCUT2D eigenvalue weighted by Crippen LogP contribution is 2.40. The van der Waals surface area contributed by atoms with Crippen LogP contribution in [-0.4, -0.2) is 53.0 Å². The summed E-state index contributed by atoms with van der Waals surface area (Å²) < 4.78 is 74.1. The van der Waals surface area contributed by atoms with Crippen LogP contribution in [0.25, 0.3) is 10.8 Å². The fourth-order valence-corrected chi connectivity index (χ4v) is 6.35. The first-order valence-electron chi connectivity index (χ1n) is 11.7. The van der Waals surface area contributed by atoms with Crippen molar-refractivity contribution < 1.29 is 40.6 Å². The summed E-state index contributed by atoms with van der Waals surface area (Å²) in [6, 6.07) is 18.6. The zero-order valence-electron chi connectivity index (χ0n) is 21.6. The quantitative estimate of drug-likeness (QED) is 0.121. The van der Waals surface area contributed by atoms with Gasteiger partial charge in [-0.15, -0.1) is 0 Å². The number of hydrogen-bond donors (Lipinski definition) is 1. The molecule has 4 aromatic carbocycles. The minimum atomic E-state index is -4.98. The first-order valence-corrected chi connectivity index (χ1v) is 14.5. The third-order valence-electron chi connectivity index (χ3n) is 6.04. The Kier molecular flexibility index (Phi) is 8.14. The van der Waals surface area contributed by atoms with Crippen molar-refractivity contribution in [3.63, 3.8) is 0 Å². The zero-order chi connectivity index (χ0) is 29.9. The van der Waals surface area contributed by atoms with Crippen molar-refractivity contribution in [2.24, 2.45) is 0 Å². The second-order valence-electron chi connectivity index (χ2n) is 8.43. The number of sulfonamides is 1. The molecule has 0 aliphatic rings. The van der Waals surface area contributed by atoms with Crippen molar-refractivity contribution in [2.45, 2.75) is 4.90 Å². The van der Waals surface area contributed by atoms with Crippen LogP contribution in [0.15, 0.2) is 89.8 Å². The molecular weight excluding hydrogens is 578 g/mol. The van der Waals surface area contributed by atoms with E-state index in [0.29, 0.717) is 10.1 Å². The average Bonchev–Trinajstić information content (AvgIpc) is 2.95. The number of fused-ring (bicyclic) bond motifs is 1. The van der Waals surface area contributed by atoms with E-state index >= 15 is 0 Å². The van der Waals surface area contributed by atoms with Gasteiger partial charge in [-0.25, -0.2) is 12.7 Å². The van der Waals surface area contributed by atoms with Crippen LogP contribution in [0.2, 0.25) is 0 Å². The number of benzene rings is 4. The fourth-order valence-electron chi connectivity index (χ4n) is 4.12. The van der Waals surface area contributed by atoms with Crippen molar-refractivity contribution >= 4 is 59.8 Å². The second kappa shape index (κ2) is 11.4. The third-order valence-corrected chi connectivity index (χ3v) is 8.68. The largest absolute Gasteiger partial charge is 0.497 e. The summed E-state index contributed by atoms with van der Waals surface area (Å²) in [5, 5.41) is 11.5. The van der Waals surface area contributed by atoms with Crippen LogP contribution >= 0.6 is 0 Å². The Hall–Kier alpha value is -4.73. The van der Waals surface area contributed by atoms with Crippen molar-refractivity contribution in [3.8, 4) is 5.75 Å². The maximum atomic E-state index is 13.8. The molecule has 0 aliphatic carbocycles. The molecule has 0 unspecified atom stereocenters. The normalized spacial score (nSPS) is 11.6. The first kappa shape index (κ1) is 29.3. The van der Waals surface area contributed by atoms with Gasteiger partial charge in [0, 0.05) is 22.9 Å². The van der Waals surface area contributed by atoms with E-state index in [4.69, 9.17) is 9.47 Å². The minimum Gasteiger partial charge on any atom is -0.497 e. The van der Waals surface area contributed by atoms with Crippen molar-refractivity contribution in [1.29, 1.82) is 0 Å². The molecule has 0 aliphatic heterocycles. The van der Waals surface area contributed by atoms with Gasteiger partial charge in [0.1, 0.15) is 12.3 Å². The standard InChI is InChI=1S/C26H23N3O10S2/c1-38-20-11-13-21(14-12-20)40(33,34)27(17-26(30)39-2)24-15-16-25(23-6-4-3-5-22(23)24)28(41(35,36)37)18-7-9-19(10-8-18)29(31)32/h3-16H,17H2,1-2H3,(H,35,36,37). The van der Waals surface area contributed by atoms with E-state index in [0.717, 1.165) is 35.7 Å². The maximum absolute atomic E-state index is 13.8. The van der Waals surface area contributed by atoms with E-state index in [-0.39, 0.29) is 38.4 Å². The molecule has 0 bridgehead atoms. The number of carbonyl (C=O) groups excluding carboxylic acids is 1. The Balaban J connectivity index is 1.94. The van der Waals surface area contributed by atoms with Gasteiger partial charge in [-0.3, -0.25) is 23.8 Å². The third kappa shape index (κ3) is 5.91. The van der Waals surface area contributed by atoms with E-state index in [9.17, 15) is 36.3 Å². The molecule has 13 nitrogen and oxygen atoms in total. The van der Waals surface area contributed by atoms with Gasteiger partial charge >= 0.3 is 16.3 Å². The molecule has 0 radical (unpaired) electrons. The molecule has 4 rings (SSSR count). The molecule has 214 valence electrons. The molecule has 15 heteroatoms. The highest BCUT2D eigenvalue weighted by molar-refractivity contribution is 7.93. The molecule has 0 saturated heterocycles. The van der Waals surface area contributed by atoms with Gasteiger partial charge in [-0.1, -0.05) is 24.3 Å². The lowest BCUT2D eigenvalue weighted by Gasteiger charge is -2.27. The Morgan fingerprint density at radius 3 is 1.93 bits per heavy atom. The van der Waals surface area contributed by atoms with Crippen LogP contribution in [0.3, 0.4) is 0 Å². The molecule has 1 N–H and O–H groups in total. The lowest BCUT2D eigenvalue weighted by Crippen LogP contribution is -2.36. The number of hydrogen-bond acceptors (Lipinski definition) is 9. The van der Waals surface area contributed by atoms with Crippen LogP contribution in [0.4, 0.5) is 22.7 Å². The molecule has 0 saturated carbocycles. The van der Waals surface area contributed by atoms with Crippen molar-refractivity contribution in [2.75, 3.05) is 29.4 Å². The topological polar surface area (TPSA) is 174 Å². The molecule has 0 fully saturated rings. The second-order valence-corrected chi connectivity index (χ2v) is 11.6. The summed E-state index contributed by atoms with van der Waals surface area (Å²) in [5.41, 5.74) is -0.482. The van der Waals surface area contributed by atoms with Crippen molar-refractivity contribution in [1.82, 2.24) is 0 Å². The number of nitrogens with zero attached hydrogens (tertiary/aromatic N) is 3. The fraction of sp³-hybridized carbons (Fsp3) is 0.115. The SMILES string of the molecule is COC(=O)CN(c1ccc(N(c2ccc([N+](=O)[O-])cc2)S(=O)(=O)O)c2ccccc12)S(=O)(=O)c1ccc(OC)cc1. The monoisotopic (exact) mass is 601 g/mol. The van der Waals surface area contributed by atoms with Crippen LogP contribution in [0, 0.1) is 10.1 Å². The Morgan fingerprint density at radius 1 is 0.854 bits per heavy atom. The Labute approximate surface area is 235 Å². The van der Waals surface area contributed by atoms with Gasteiger partial charge in [-0.2, -0.15) is 8.42 Å². The van der Waals surface area contributed by atoms with E-state index < -0.39 is 37.8 Å². The summed E-state index contributed by atoms with van der Waals surface area (Å²) >= 11 is 0. The van der Waals surface area contributed by atoms with Crippen LogP contribution in [0.5, 0.6) is 5.75 Å². The van der Waals surface area contributed by atoms with Gasteiger partial charge in [0.05, 0.1) is 41.1 Å². The molecule has 0 aromatic heterocycles. The van der Waals surface area contributed by atoms with Crippen LogP contribution in [-0.2, 0) is 29.9 Å². The van der Waals surface area contributed by atoms with E-state index in [1.807, 2.05) is 0 Å². The Morgan fingerprint density at radius 2 is 1.41 bits per heavy atom. The average molecular weight is 602 g/mol. The number of anilines is 3. The number of nitro groups is 1. The summed E-state index contributed by atoms with van der Waals surface area (Å²) in [4.78, 5) is 22.6. The van der Waals surface area contributed by atoms with E-state index in [2.05, 4.69) is 0 Å². The van der Waals surface area contributed by atoms with E-state index in [1.54, 1.807) is 12.1 Å². The molecule has 0 spiro atoms. The molecule has 4 aromatic rings. The summed E-state index contributed by atoms with van der Waals surface area (Å²) in [5.74, 6) is -0.449. The van der Waals surface area contributed by atoms with E-state index in [1.165, 1.54) is 55.6 Å². The summed E-state index contributed by atoms with van der Waals surface area (Å²) in [7, 11) is -6.82. The lowest BCUT2D eigenvalue weighted by molar-refractivity contribution is -0.384. The maximum Gasteiger partial charge on any atom is 0.364 e. The highest BCUT2D eigenvalue weighted by atomic mass is 32.2. The smallest absolute Gasteiger partial charge is 0.364 e. The number of esters is 1. The molecule has 0 atom stereocenters. The summed E-state index contributed by atoms with van der Waals surface area (Å²) in [6.45, 7) is -0.710. The number of ether oxygens (including phenoxy) is 2. The van der Waals surface area contributed by atoms with Gasteiger partial charge < -0.3 is 9.47 Å². The van der Waals surface area contributed by atoms with Gasteiger partial charge in [0.15, 0.2) is 0 Å². The molecule has 41 heavy (non-hydrogen) atoms. The molecular formula is C26H23N3O10S2. The number of nitro benzene ring substituents is 1. The predicted molar refractivity (Wildman–Crippen MR) is 150 cm³/mol. The van der Waals surface area contributed by atoms with Gasteiger partial charge in [0.25, 0.3) is 15.7 Å².